The predicted octanol–water partition coefficient (Wildman–Crippen LogP) is 6.96. The monoisotopic (exact) mass is 511 g/mol. The summed E-state index contributed by atoms with van der Waals surface area (Å²) in [6, 6.07) is 16.1. The molecule has 36 heavy (non-hydrogen) atoms. The number of nitrogens with one attached hydrogen (secondary N) is 1. The Hall–Kier alpha value is -3.57. The van der Waals surface area contributed by atoms with Gasteiger partial charge in [0.05, 0.1) is 0 Å². The van der Waals surface area contributed by atoms with Crippen LogP contribution in [0.3, 0.4) is 0 Å². The summed E-state index contributed by atoms with van der Waals surface area (Å²) >= 11 is 0. The molecule has 192 valence electrons. The van der Waals surface area contributed by atoms with E-state index >= 15 is 0 Å². The summed E-state index contributed by atoms with van der Waals surface area (Å²) in [5.74, 6) is -0.360. The molecule has 0 atom stereocenters. The fourth-order valence-electron chi connectivity index (χ4n) is 3.95. The highest BCUT2D eigenvalue weighted by Gasteiger charge is 2.59. The highest BCUT2D eigenvalue weighted by atomic mass is 19.4. The van der Waals surface area contributed by atoms with Crippen LogP contribution < -0.4 is 15.0 Å². The summed E-state index contributed by atoms with van der Waals surface area (Å²) < 4.78 is 83.7. The first kappa shape index (κ1) is 25.5. The van der Waals surface area contributed by atoms with Gasteiger partial charge in [0, 0.05) is 17.4 Å². The van der Waals surface area contributed by atoms with Gasteiger partial charge in [-0.25, -0.2) is 0 Å². The Balaban J connectivity index is 1.80. The van der Waals surface area contributed by atoms with E-state index in [0.717, 1.165) is 32.1 Å². The van der Waals surface area contributed by atoms with E-state index in [9.17, 15) is 26.3 Å². The van der Waals surface area contributed by atoms with E-state index in [2.05, 4.69) is 25.0 Å². The normalized spacial score (nSPS) is 15.1. The summed E-state index contributed by atoms with van der Waals surface area (Å²) in [4.78, 5) is 13.5. The van der Waals surface area contributed by atoms with Crippen LogP contribution >= 0.6 is 0 Å². The molecule has 3 aromatic rings. The first-order valence-corrected chi connectivity index (χ1v) is 11.3. The van der Waals surface area contributed by atoms with Crippen LogP contribution in [0.4, 0.5) is 49.6 Å². The van der Waals surface area contributed by atoms with Crippen molar-refractivity contribution in [3.63, 3.8) is 0 Å². The van der Waals surface area contributed by atoms with Crippen molar-refractivity contribution in [1.82, 2.24) is 15.0 Å². The number of ether oxygens (including phenoxy) is 1. The maximum atomic E-state index is 13.2. The van der Waals surface area contributed by atoms with E-state index in [4.69, 9.17) is 0 Å². The van der Waals surface area contributed by atoms with Gasteiger partial charge in [-0.1, -0.05) is 55.7 Å². The third-order valence-electron chi connectivity index (χ3n) is 5.59. The molecule has 1 heterocycles. The number of hydrogen-bond donors (Lipinski definition) is 1. The van der Waals surface area contributed by atoms with Crippen LogP contribution in [0.5, 0.6) is 6.01 Å². The molecule has 1 aliphatic carbocycles. The van der Waals surface area contributed by atoms with Crippen LogP contribution in [0.1, 0.15) is 32.1 Å². The Kier molecular flexibility index (Phi) is 7.51. The van der Waals surface area contributed by atoms with Crippen molar-refractivity contribution in [2.24, 2.45) is 0 Å². The average Bonchev–Trinajstić information content (AvgIpc) is 2.83. The molecule has 1 fully saturated rings. The first-order valence-electron chi connectivity index (χ1n) is 11.3. The number of nitrogens with zero attached hydrogens (tertiary/aromatic N) is 4. The van der Waals surface area contributed by atoms with Gasteiger partial charge in [-0.3, -0.25) is 4.90 Å². The first-order chi connectivity index (χ1) is 17.1. The largest absolute Gasteiger partial charge is 0.440 e. The van der Waals surface area contributed by atoms with Gasteiger partial charge in [0.1, 0.15) is 0 Å². The molecule has 4 rings (SSSR count). The number of aromatic nitrogens is 3. The summed E-state index contributed by atoms with van der Waals surface area (Å²) in [5.41, 5.74) is 1.07. The predicted molar refractivity (Wildman–Crippen MR) is 122 cm³/mol. The molecule has 0 aliphatic heterocycles. The molecule has 2 aromatic carbocycles. The van der Waals surface area contributed by atoms with E-state index in [-0.39, 0.29) is 17.9 Å². The van der Waals surface area contributed by atoms with Crippen LogP contribution in [0.15, 0.2) is 60.7 Å². The fraction of sp³-hybridized carbons (Fsp3) is 0.375. The zero-order chi connectivity index (χ0) is 25.8. The molecule has 12 heteroatoms. The van der Waals surface area contributed by atoms with Gasteiger partial charge < -0.3 is 10.1 Å². The summed E-state index contributed by atoms with van der Waals surface area (Å²) in [6.45, 7) is 0. The second-order valence-electron chi connectivity index (χ2n) is 8.31. The SMILES string of the molecule is FC(F)(F)C(Oc1nc(NC2CCCCC2)nc(N(c2ccccc2)c2ccccc2)n1)C(F)(F)F. The van der Waals surface area contributed by atoms with Gasteiger partial charge >= 0.3 is 18.4 Å². The summed E-state index contributed by atoms with van der Waals surface area (Å²) in [5, 5.41) is 3.04. The molecule has 1 aromatic heterocycles. The Morgan fingerprint density at radius 2 is 1.28 bits per heavy atom. The van der Waals surface area contributed by atoms with E-state index in [1.165, 1.54) is 4.90 Å². The van der Waals surface area contributed by atoms with Gasteiger partial charge in [-0.05, 0) is 37.1 Å². The lowest BCUT2D eigenvalue weighted by Crippen LogP contribution is -2.47. The second-order valence-corrected chi connectivity index (χ2v) is 8.31. The molecule has 1 aliphatic rings. The van der Waals surface area contributed by atoms with Crippen LogP contribution in [-0.4, -0.2) is 39.5 Å². The number of alkyl halides is 6. The molecule has 1 saturated carbocycles. The van der Waals surface area contributed by atoms with Crippen LogP contribution in [0.2, 0.25) is 0 Å². The zero-order valence-corrected chi connectivity index (χ0v) is 18.9. The molecule has 6 nitrogen and oxygen atoms in total. The Morgan fingerprint density at radius 3 is 1.78 bits per heavy atom. The van der Waals surface area contributed by atoms with E-state index in [1.54, 1.807) is 60.7 Å². The molecule has 0 amide bonds. The third-order valence-corrected chi connectivity index (χ3v) is 5.59. The lowest BCUT2D eigenvalue weighted by molar-refractivity contribution is -0.301. The van der Waals surface area contributed by atoms with Gasteiger partial charge in [-0.2, -0.15) is 41.3 Å². The highest BCUT2D eigenvalue weighted by Crippen LogP contribution is 2.37. The quantitative estimate of drug-likeness (QED) is 0.346. The Labute approximate surface area is 203 Å². The minimum Gasteiger partial charge on any atom is -0.440 e. The van der Waals surface area contributed by atoms with E-state index in [0.29, 0.717) is 11.4 Å². The lowest BCUT2D eigenvalue weighted by atomic mass is 9.96. The van der Waals surface area contributed by atoms with E-state index < -0.39 is 24.5 Å². The van der Waals surface area contributed by atoms with Crippen molar-refractivity contribution in [2.75, 3.05) is 10.2 Å². The van der Waals surface area contributed by atoms with Crippen molar-refractivity contribution in [2.45, 2.75) is 56.6 Å². The lowest BCUT2D eigenvalue weighted by Gasteiger charge is -2.27. The van der Waals surface area contributed by atoms with Crippen LogP contribution in [0.25, 0.3) is 0 Å². The maximum Gasteiger partial charge on any atom is 0.434 e. The van der Waals surface area contributed by atoms with Crippen molar-refractivity contribution in [1.29, 1.82) is 0 Å². The number of halogens is 6. The minimum atomic E-state index is -5.72. The number of benzene rings is 2. The van der Waals surface area contributed by atoms with Crippen molar-refractivity contribution in [3.05, 3.63) is 60.7 Å². The molecule has 0 saturated heterocycles. The van der Waals surface area contributed by atoms with Gasteiger partial charge in [0.2, 0.25) is 11.9 Å². The molecule has 0 unspecified atom stereocenters. The van der Waals surface area contributed by atoms with Gasteiger partial charge in [0.15, 0.2) is 0 Å². The number of rotatable bonds is 7. The minimum absolute atomic E-state index is 0.0789. The Bertz CT molecular complexity index is 1070. The number of hydrogen-bond acceptors (Lipinski definition) is 6. The summed E-state index contributed by atoms with van der Waals surface area (Å²) in [7, 11) is 0. The van der Waals surface area contributed by atoms with Gasteiger partial charge in [-0.15, -0.1) is 0 Å². The molecule has 0 spiro atoms. The fourth-order valence-corrected chi connectivity index (χ4v) is 3.95. The number of para-hydroxylation sites is 2. The van der Waals surface area contributed by atoms with Crippen molar-refractivity contribution in [3.8, 4) is 6.01 Å². The zero-order valence-electron chi connectivity index (χ0n) is 18.9. The summed E-state index contributed by atoms with van der Waals surface area (Å²) in [6.07, 6.45) is -11.1. The molecule has 0 bridgehead atoms. The molecular weight excluding hydrogens is 488 g/mol. The van der Waals surface area contributed by atoms with Crippen molar-refractivity contribution >= 4 is 23.3 Å². The van der Waals surface area contributed by atoms with Crippen LogP contribution in [0, 0.1) is 0 Å². The molecular formula is C24H23F6N5O. The van der Waals surface area contributed by atoms with E-state index in [1.807, 2.05) is 0 Å². The molecule has 0 radical (unpaired) electrons. The highest BCUT2D eigenvalue weighted by molar-refractivity contribution is 5.72. The smallest absolute Gasteiger partial charge is 0.434 e. The average molecular weight is 511 g/mol. The standard InChI is InChI=1S/C24H23F6N5O/c25-23(26,27)19(24(28,29)30)36-22-33-20(31-16-10-4-1-5-11-16)32-21(34-22)35(17-12-6-2-7-13-17)18-14-8-3-9-15-18/h2-3,6-9,12-16,19H,1,4-5,10-11H2,(H,31,32,33,34). The maximum absolute atomic E-state index is 13.2. The third kappa shape index (κ3) is 6.35. The molecule has 1 N–H and O–H groups in total. The Morgan fingerprint density at radius 1 is 0.750 bits per heavy atom. The number of anilines is 4. The second kappa shape index (κ2) is 10.6. The van der Waals surface area contributed by atoms with Gasteiger partial charge in [0.25, 0.3) is 6.10 Å². The van der Waals surface area contributed by atoms with Crippen LogP contribution in [-0.2, 0) is 0 Å². The van der Waals surface area contributed by atoms with Crippen molar-refractivity contribution < 1.29 is 31.1 Å². The topological polar surface area (TPSA) is 63.2 Å².